The van der Waals surface area contributed by atoms with Crippen LogP contribution in [0.5, 0.6) is 23.0 Å². The van der Waals surface area contributed by atoms with Crippen LogP contribution in [0.4, 0.5) is 27.3 Å². The number of halogens is 4. The number of nitrogens with zero attached hydrogens (tertiary/aromatic N) is 6. The van der Waals surface area contributed by atoms with E-state index < -0.39 is 9.84 Å². The summed E-state index contributed by atoms with van der Waals surface area (Å²) in [7, 11) is -0.00775. The van der Waals surface area contributed by atoms with Crippen molar-refractivity contribution in [2.24, 2.45) is 0 Å². The second-order valence-electron chi connectivity index (χ2n) is 18.1. The minimum absolute atomic E-state index is 0.0336. The van der Waals surface area contributed by atoms with E-state index in [0.29, 0.717) is 127 Å². The van der Waals surface area contributed by atoms with E-state index >= 15 is 0 Å². The fourth-order valence-electron chi connectivity index (χ4n) is 8.66. The number of ether oxygens (including phenoxy) is 4. The molecule has 0 spiro atoms. The standard InChI is InChI=1S/C55H53Cl3FN9O7S/c1-71-50-28-47(42(56)26-44(50)58)65-54-36(29-60)30-62-46-27-52(51(72-2)25-40(46)54)73-20-5-15-67-16-18-68(19-17-67)32-53-64-45-11-8-35(48-13-10-39(75-48)31-61-14-21-76(3,69)70)23-41(45)55(66-53)63-38-9-12-49(43(57)24-38)74-33-34-6-4-7-37(59)22-34/h4,6-13,22-28,30,61H,5,14-21,31-33H2,1-3H3,(H,62,65)(H,63,64,66). The van der Waals surface area contributed by atoms with E-state index in [0.717, 1.165) is 55.6 Å². The Balaban J connectivity index is 0.846. The van der Waals surface area contributed by atoms with E-state index in [1.54, 1.807) is 55.6 Å². The first-order chi connectivity index (χ1) is 36.7. The predicted octanol–water partition coefficient (Wildman–Crippen LogP) is 11.2. The number of anilines is 4. The Morgan fingerprint density at radius 1 is 0.789 bits per heavy atom. The van der Waals surface area contributed by atoms with Gasteiger partial charge in [0, 0.05) is 85.9 Å². The number of rotatable bonds is 22. The molecule has 1 aliphatic rings. The van der Waals surface area contributed by atoms with Gasteiger partial charge in [0.1, 0.15) is 63.0 Å². The molecule has 0 saturated carbocycles. The van der Waals surface area contributed by atoms with Crippen LogP contribution in [0.1, 0.15) is 29.1 Å². The summed E-state index contributed by atoms with van der Waals surface area (Å²) in [6, 6.07) is 30.3. The lowest BCUT2D eigenvalue weighted by atomic mass is 10.1. The molecule has 3 aromatic heterocycles. The first-order valence-corrected chi connectivity index (χ1v) is 27.4. The minimum Gasteiger partial charge on any atom is -0.495 e. The molecule has 21 heteroatoms. The van der Waals surface area contributed by atoms with Crippen LogP contribution in [0.25, 0.3) is 33.1 Å². The van der Waals surface area contributed by atoms with Gasteiger partial charge in [-0.3, -0.25) is 9.88 Å². The van der Waals surface area contributed by atoms with Gasteiger partial charge in [-0.1, -0.05) is 46.9 Å². The summed E-state index contributed by atoms with van der Waals surface area (Å²) in [5, 5.41) is 22.4. The van der Waals surface area contributed by atoms with Crippen LogP contribution in [-0.4, -0.2) is 105 Å². The number of fused-ring (bicyclic) bond motifs is 2. The summed E-state index contributed by atoms with van der Waals surface area (Å²) in [4.78, 5) is 19.4. The van der Waals surface area contributed by atoms with E-state index in [1.165, 1.54) is 31.7 Å². The number of nitriles is 1. The number of sulfone groups is 1. The van der Waals surface area contributed by atoms with Gasteiger partial charge in [0.05, 0.1) is 82.7 Å². The maximum absolute atomic E-state index is 13.8. The van der Waals surface area contributed by atoms with Crippen LogP contribution < -0.4 is 34.9 Å². The highest BCUT2D eigenvalue weighted by atomic mass is 35.5. The Labute approximate surface area is 454 Å². The average molecular weight is 1110 g/mol. The summed E-state index contributed by atoms with van der Waals surface area (Å²) >= 11 is 19.6. The van der Waals surface area contributed by atoms with E-state index in [9.17, 15) is 18.1 Å². The zero-order valence-corrected chi connectivity index (χ0v) is 44.8. The molecule has 0 radical (unpaired) electrons. The monoisotopic (exact) mass is 1110 g/mol. The lowest BCUT2D eigenvalue weighted by molar-refractivity contribution is 0.119. The van der Waals surface area contributed by atoms with Crippen LogP contribution in [0.2, 0.25) is 15.1 Å². The third kappa shape index (κ3) is 13.5. The highest BCUT2D eigenvalue weighted by molar-refractivity contribution is 7.90. The average Bonchev–Trinajstić information content (AvgIpc) is 3.88. The molecular formula is C55H53Cl3FN9O7S. The summed E-state index contributed by atoms with van der Waals surface area (Å²) < 4.78 is 66.5. The number of methoxy groups -OCH3 is 2. The number of hydrogen-bond donors (Lipinski definition) is 3. The molecule has 0 unspecified atom stereocenters. The van der Waals surface area contributed by atoms with Gasteiger partial charge >= 0.3 is 0 Å². The van der Waals surface area contributed by atoms with E-state index in [1.807, 2.05) is 36.4 Å². The lowest BCUT2D eigenvalue weighted by Gasteiger charge is -2.34. The molecule has 5 aromatic carbocycles. The van der Waals surface area contributed by atoms with Gasteiger partial charge in [0.2, 0.25) is 0 Å². The number of pyridine rings is 1. The molecule has 0 atom stereocenters. The summed E-state index contributed by atoms with van der Waals surface area (Å²) in [5.41, 5.74) is 4.80. The van der Waals surface area contributed by atoms with Crippen LogP contribution in [0, 0.1) is 17.1 Å². The molecule has 1 fully saturated rings. The molecule has 16 nitrogen and oxygen atoms in total. The maximum Gasteiger partial charge on any atom is 0.163 e. The molecular weight excluding hydrogens is 1060 g/mol. The summed E-state index contributed by atoms with van der Waals surface area (Å²) in [6.07, 6.45) is 3.48. The van der Waals surface area contributed by atoms with Crippen molar-refractivity contribution in [2.75, 3.05) is 82.7 Å². The van der Waals surface area contributed by atoms with Crippen LogP contribution in [-0.2, 0) is 29.5 Å². The molecule has 0 amide bonds. The Morgan fingerprint density at radius 2 is 1.59 bits per heavy atom. The largest absolute Gasteiger partial charge is 0.495 e. The van der Waals surface area contributed by atoms with Crippen molar-refractivity contribution in [2.45, 2.75) is 26.1 Å². The van der Waals surface area contributed by atoms with Crippen molar-refractivity contribution in [3.63, 3.8) is 0 Å². The second-order valence-corrected chi connectivity index (χ2v) is 21.6. The molecule has 76 heavy (non-hydrogen) atoms. The first-order valence-electron chi connectivity index (χ1n) is 24.2. The summed E-state index contributed by atoms with van der Waals surface area (Å²) in [6.45, 7) is 5.92. The molecule has 0 bridgehead atoms. The normalized spacial score (nSPS) is 13.2. The Kier molecular flexibility index (Phi) is 17.3. The van der Waals surface area contributed by atoms with Gasteiger partial charge in [-0.2, -0.15) is 5.26 Å². The lowest BCUT2D eigenvalue weighted by Crippen LogP contribution is -2.46. The predicted molar refractivity (Wildman–Crippen MR) is 295 cm³/mol. The third-order valence-electron chi connectivity index (χ3n) is 12.6. The van der Waals surface area contributed by atoms with E-state index in [-0.39, 0.29) is 18.2 Å². The van der Waals surface area contributed by atoms with Crippen LogP contribution in [0.3, 0.4) is 0 Å². The molecule has 3 N–H and O–H groups in total. The zero-order chi connectivity index (χ0) is 53.3. The molecule has 4 heterocycles. The number of nitrogens with one attached hydrogen (secondary N) is 3. The van der Waals surface area contributed by atoms with E-state index in [2.05, 4.69) is 36.8 Å². The minimum atomic E-state index is -3.09. The van der Waals surface area contributed by atoms with Crippen molar-refractivity contribution in [1.29, 1.82) is 5.26 Å². The maximum atomic E-state index is 13.8. The van der Waals surface area contributed by atoms with Gasteiger partial charge in [-0.25, -0.2) is 22.8 Å². The van der Waals surface area contributed by atoms with Gasteiger partial charge in [-0.05, 0) is 84.8 Å². The van der Waals surface area contributed by atoms with Crippen molar-refractivity contribution >= 4 is 89.3 Å². The smallest absolute Gasteiger partial charge is 0.163 e. The second kappa shape index (κ2) is 24.4. The summed E-state index contributed by atoms with van der Waals surface area (Å²) in [5.74, 6) is 4.11. The number of piperazine rings is 1. The van der Waals surface area contributed by atoms with Crippen molar-refractivity contribution in [3.8, 4) is 40.4 Å². The number of furan rings is 1. The first kappa shape index (κ1) is 53.9. The quantitative estimate of drug-likeness (QED) is 0.0543. The molecule has 1 saturated heterocycles. The van der Waals surface area contributed by atoms with Crippen molar-refractivity contribution in [3.05, 3.63) is 147 Å². The van der Waals surface area contributed by atoms with Crippen LogP contribution in [0.15, 0.2) is 108 Å². The van der Waals surface area contributed by atoms with Crippen LogP contribution >= 0.6 is 34.8 Å². The van der Waals surface area contributed by atoms with Gasteiger partial charge in [0.15, 0.2) is 11.5 Å². The fourth-order valence-corrected chi connectivity index (χ4v) is 9.92. The van der Waals surface area contributed by atoms with Gasteiger partial charge in [0.25, 0.3) is 0 Å². The van der Waals surface area contributed by atoms with Gasteiger partial charge < -0.3 is 44.2 Å². The highest BCUT2D eigenvalue weighted by Gasteiger charge is 2.21. The Hall–Kier alpha value is -6.95. The van der Waals surface area contributed by atoms with Crippen molar-refractivity contribution in [1.82, 2.24) is 30.1 Å². The zero-order valence-electron chi connectivity index (χ0n) is 41.8. The number of hydrogen-bond acceptors (Lipinski definition) is 16. The third-order valence-corrected chi connectivity index (χ3v) is 14.4. The fraction of sp³-hybridized carbons (Fsp3) is 0.273. The SMILES string of the molecule is COc1cc(Nc2c(C#N)cnc3cc(OCCCN4CCN(Cc5nc(Nc6ccc(OCc7cccc(F)c7)c(Cl)c6)c6cc(-c7ccc(CNCCS(C)(=O)=O)o7)ccc6n5)CC4)c(OC)cc23)c(Cl)cc1Cl. The Morgan fingerprint density at radius 3 is 2.36 bits per heavy atom. The topological polar surface area (TPSA) is 189 Å². The molecule has 0 aliphatic carbocycles. The number of benzene rings is 5. The van der Waals surface area contributed by atoms with Crippen molar-refractivity contribution < 1.29 is 36.2 Å². The molecule has 8 aromatic rings. The molecule has 9 rings (SSSR count). The molecule has 1 aliphatic heterocycles. The molecule has 394 valence electrons. The van der Waals surface area contributed by atoms with E-state index in [4.69, 9.17) is 68.1 Å². The Bertz CT molecular complexity index is 3560. The highest BCUT2D eigenvalue weighted by Crippen LogP contribution is 2.41. The number of aromatic nitrogens is 3. The van der Waals surface area contributed by atoms with Gasteiger partial charge in [-0.15, -0.1) is 0 Å².